The third-order valence-corrected chi connectivity index (χ3v) is 3.56. The van der Waals surface area contributed by atoms with Gasteiger partial charge >= 0.3 is 0 Å². The minimum Gasteiger partial charge on any atom is -0.394 e. The van der Waals surface area contributed by atoms with Crippen LogP contribution in [0.5, 0.6) is 0 Å². The lowest BCUT2D eigenvalue weighted by atomic mass is 10.1. The molecule has 0 radical (unpaired) electrons. The Hall–Kier alpha value is -2.41. The van der Waals surface area contributed by atoms with Gasteiger partial charge in [0.05, 0.1) is 29.9 Å². The topological polar surface area (TPSA) is 103 Å². The Morgan fingerprint density at radius 3 is 2.86 bits per heavy atom. The first-order valence-corrected chi connectivity index (χ1v) is 6.89. The summed E-state index contributed by atoms with van der Waals surface area (Å²) < 4.78 is 0. The van der Waals surface area contributed by atoms with E-state index in [-0.39, 0.29) is 12.6 Å². The van der Waals surface area contributed by atoms with Gasteiger partial charge in [-0.2, -0.15) is 5.10 Å². The van der Waals surface area contributed by atoms with Crippen LogP contribution in [0.4, 0.5) is 5.82 Å². The van der Waals surface area contributed by atoms with E-state index in [1.54, 1.807) is 6.20 Å². The standard InChI is InChI=1S/C14H18N6O/c1-8(2)12(6-21)20-14-10-3-11(9-4-17-18-5-9)19-13(10)15-7-16-14/h3-5,7-8,12,21H,6H2,1-2H3,(H,17,18)(H2,15,16,19,20). The fourth-order valence-corrected chi connectivity index (χ4v) is 2.21. The van der Waals surface area contributed by atoms with Crippen molar-refractivity contribution in [2.45, 2.75) is 19.9 Å². The van der Waals surface area contributed by atoms with E-state index in [4.69, 9.17) is 0 Å². The smallest absolute Gasteiger partial charge is 0.143 e. The van der Waals surface area contributed by atoms with Crippen LogP contribution in [0.1, 0.15) is 13.8 Å². The van der Waals surface area contributed by atoms with Crippen molar-refractivity contribution in [3.05, 3.63) is 24.8 Å². The molecule has 3 rings (SSSR count). The Balaban J connectivity index is 2.00. The molecular formula is C14H18N6O. The summed E-state index contributed by atoms with van der Waals surface area (Å²) in [5.74, 6) is 1.02. The molecule has 3 aromatic rings. The maximum atomic E-state index is 9.46. The molecule has 21 heavy (non-hydrogen) atoms. The lowest BCUT2D eigenvalue weighted by Gasteiger charge is -2.20. The molecule has 0 saturated heterocycles. The molecule has 0 aliphatic heterocycles. The van der Waals surface area contributed by atoms with Gasteiger partial charge in [0.25, 0.3) is 0 Å². The Labute approximate surface area is 121 Å². The molecule has 0 spiro atoms. The van der Waals surface area contributed by atoms with Gasteiger partial charge in [-0.15, -0.1) is 0 Å². The highest BCUT2D eigenvalue weighted by Gasteiger charge is 2.16. The van der Waals surface area contributed by atoms with Crippen LogP contribution in [0.3, 0.4) is 0 Å². The molecule has 0 saturated carbocycles. The summed E-state index contributed by atoms with van der Waals surface area (Å²) >= 11 is 0. The molecule has 0 aliphatic carbocycles. The first kappa shape index (κ1) is 13.6. The number of hydrogen-bond donors (Lipinski definition) is 4. The summed E-state index contributed by atoms with van der Waals surface area (Å²) in [6.45, 7) is 4.17. The van der Waals surface area contributed by atoms with Crippen molar-refractivity contribution >= 4 is 16.9 Å². The van der Waals surface area contributed by atoms with Gasteiger partial charge in [-0.05, 0) is 12.0 Å². The summed E-state index contributed by atoms with van der Waals surface area (Å²) in [5, 5.41) is 20.4. The van der Waals surface area contributed by atoms with Crippen LogP contribution < -0.4 is 5.32 Å². The Bertz CT molecular complexity index is 718. The number of fused-ring (bicyclic) bond motifs is 1. The summed E-state index contributed by atoms with van der Waals surface area (Å²) in [4.78, 5) is 11.8. The van der Waals surface area contributed by atoms with Crippen LogP contribution in [0, 0.1) is 5.92 Å². The highest BCUT2D eigenvalue weighted by atomic mass is 16.3. The zero-order valence-electron chi connectivity index (χ0n) is 12.0. The SMILES string of the molecule is CC(C)C(CO)Nc1ncnc2[nH]c(-c3cn[nH]c3)cc12. The number of aromatic amines is 2. The molecule has 0 amide bonds. The first-order valence-electron chi connectivity index (χ1n) is 6.89. The Morgan fingerprint density at radius 1 is 1.33 bits per heavy atom. The van der Waals surface area contributed by atoms with Crippen LogP contribution in [0.25, 0.3) is 22.3 Å². The second-order valence-corrected chi connectivity index (χ2v) is 5.33. The van der Waals surface area contributed by atoms with E-state index in [1.165, 1.54) is 6.33 Å². The number of nitrogens with zero attached hydrogens (tertiary/aromatic N) is 3. The van der Waals surface area contributed by atoms with Gasteiger partial charge in [0, 0.05) is 11.8 Å². The quantitative estimate of drug-likeness (QED) is 0.572. The fourth-order valence-electron chi connectivity index (χ4n) is 2.21. The molecule has 0 aliphatic rings. The van der Waals surface area contributed by atoms with Crippen LogP contribution in [-0.4, -0.2) is 42.9 Å². The second-order valence-electron chi connectivity index (χ2n) is 5.33. The van der Waals surface area contributed by atoms with Gasteiger partial charge in [-0.3, -0.25) is 5.10 Å². The van der Waals surface area contributed by atoms with Crippen molar-refractivity contribution in [3.8, 4) is 11.3 Å². The summed E-state index contributed by atoms with van der Waals surface area (Å²) in [6.07, 6.45) is 5.07. The van der Waals surface area contributed by atoms with Crippen molar-refractivity contribution < 1.29 is 5.11 Å². The molecule has 7 heteroatoms. The van der Waals surface area contributed by atoms with Gasteiger partial charge in [0.15, 0.2) is 0 Å². The number of anilines is 1. The van der Waals surface area contributed by atoms with E-state index in [9.17, 15) is 5.11 Å². The van der Waals surface area contributed by atoms with Gasteiger partial charge in [0.2, 0.25) is 0 Å². The molecular weight excluding hydrogens is 268 g/mol. The second kappa shape index (κ2) is 5.53. The molecule has 7 nitrogen and oxygen atoms in total. The number of aliphatic hydroxyl groups excluding tert-OH is 1. The monoisotopic (exact) mass is 286 g/mol. The van der Waals surface area contributed by atoms with E-state index in [2.05, 4.69) is 44.3 Å². The molecule has 1 atom stereocenters. The lowest BCUT2D eigenvalue weighted by molar-refractivity contribution is 0.249. The zero-order valence-corrected chi connectivity index (χ0v) is 12.0. The van der Waals surface area contributed by atoms with Crippen molar-refractivity contribution in [2.75, 3.05) is 11.9 Å². The average molecular weight is 286 g/mol. The van der Waals surface area contributed by atoms with Crippen molar-refractivity contribution in [2.24, 2.45) is 5.92 Å². The number of H-pyrrole nitrogens is 2. The molecule has 1 unspecified atom stereocenters. The van der Waals surface area contributed by atoms with Crippen LogP contribution in [0.2, 0.25) is 0 Å². The molecule has 3 heterocycles. The van der Waals surface area contributed by atoms with Gasteiger partial charge < -0.3 is 15.4 Å². The average Bonchev–Trinajstić information content (AvgIpc) is 3.12. The van der Waals surface area contributed by atoms with Gasteiger partial charge in [-0.25, -0.2) is 9.97 Å². The first-order chi connectivity index (χ1) is 10.2. The van der Waals surface area contributed by atoms with E-state index in [1.807, 2.05) is 12.3 Å². The molecule has 110 valence electrons. The highest BCUT2D eigenvalue weighted by molar-refractivity contribution is 5.91. The predicted octanol–water partition coefficient (Wildman–Crippen LogP) is 1.78. The maximum absolute atomic E-state index is 9.46. The third kappa shape index (κ3) is 2.59. The van der Waals surface area contributed by atoms with E-state index < -0.39 is 0 Å². The zero-order chi connectivity index (χ0) is 14.8. The number of hydrogen-bond acceptors (Lipinski definition) is 5. The molecule has 4 N–H and O–H groups in total. The maximum Gasteiger partial charge on any atom is 0.143 e. The largest absolute Gasteiger partial charge is 0.394 e. The van der Waals surface area contributed by atoms with Gasteiger partial charge in [-0.1, -0.05) is 13.8 Å². The summed E-state index contributed by atoms with van der Waals surface area (Å²) in [7, 11) is 0. The summed E-state index contributed by atoms with van der Waals surface area (Å²) in [6, 6.07) is 1.94. The normalized spacial score (nSPS) is 13.0. The van der Waals surface area contributed by atoms with E-state index in [0.29, 0.717) is 5.92 Å². The highest BCUT2D eigenvalue weighted by Crippen LogP contribution is 2.26. The lowest BCUT2D eigenvalue weighted by Crippen LogP contribution is -2.29. The minimum atomic E-state index is -0.0459. The van der Waals surface area contributed by atoms with Crippen molar-refractivity contribution in [1.29, 1.82) is 0 Å². The van der Waals surface area contributed by atoms with Crippen LogP contribution in [-0.2, 0) is 0 Å². The van der Waals surface area contributed by atoms with Crippen LogP contribution in [0.15, 0.2) is 24.8 Å². The van der Waals surface area contributed by atoms with E-state index in [0.717, 1.165) is 28.1 Å². The van der Waals surface area contributed by atoms with E-state index >= 15 is 0 Å². The van der Waals surface area contributed by atoms with Crippen LogP contribution >= 0.6 is 0 Å². The van der Waals surface area contributed by atoms with Crippen molar-refractivity contribution in [1.82, 2.24) is 25.1 Å². The number of nitrogens with one attached hydrogen (secondary N) is 3. The molecule has 0 fully saturated rings. The molecule has 0 bridgehead atoms. The number of aliphatic hydroxyl groups is 1. The summed E-state index contributed by atoms with van der Waals surface area (Å²) in [5.41, 5.74) is 2.64. The number of aromatic nitrogens is 5. The predicted molar refractivity (Wildman–Crippen MR) is 80.8 cm³/mol. The minimum absolute atomic E-state index is 0.0459. The fraction of sp³-hybridized carbons (Fsp3) is 0.357. The Kier molecular flexibility index (Phi) is 3.57. The third-order valence-electron chi connectivity index (χ3n) is 3.56. The molecule has 0 aromatic carbocycles. The number of rotatable bonds is 5. The molecule has 3 aromatic heterocycles. The Morgan fingerprint density at radius 2 is 2.19 bits per heavy atom. The van der Waals surface area contributed by atoms with Gasteiger partial charge in [0.1, 0.15) is 17.8 Å². The van der Waals surface area contributed by atoms with Crippen molar-refractivity contribution in [3.63, 3.8) is 0 Å².